The fraction of sp³-hybridized carbons (Fsp3) is 0.222. The number of nitrogens with one attached hydrogen (secondary N) is 1. The number of carbonyl (C=O) groups excluding carboxylic acids is 1. The molecule has 0 radical (unpaired) electrons. The molecule has 1 aliphatic carbocycles. The highest BCUT2D eigenvalue weighted by molar-refractivity contribution is 6.13. The Kier molecular flexibility index (Phi) is 4.70. The summed E-state index contributed by atoms with van der Waals surface area (Å²) in [6, 6.07) is 18.7. The molecule has 1 unspecified atom stereocenters. The molecular weight excluding hydrogens is 400 g/mol. The summed E-state index contributed by atoms with van der Waals surface area (Å²) in [5.41, 5.74) is 4.43. The number of ketones is 1. The molecule has 0 amide bonds. The molecule has 32 heavy (non-hydrogen) atoms. The number of hydrogen-bond acceptors (Lipinski definition) is 4. The van der Waals surface area contributed by atoms with Gasteiger partial charge in [-0.1, -0.05) is 62.4 Å². The number of Topliss-reactive ketones (excluding diaryl/α,β-unsaturated/α-hetero) is 1. The smallest absolute Gasteiger partial charge is 0.276 e. The van der Waals surface area contributed by atoms with Gasteiger partial charge >= 0.3 is 0 Å². The monoisotopic (exact) mass is 424 g/mol. The van der Waals surface area contributed by atoms with Crippen LogP contribution in [0.1, 0.15) is 37.8 Å². The van der Waals surface area contributed by atoms with Crippen LogP contribution in [0.5, 0.6) is 0 Å². The van der Waals surface area contributed by atoms with Crippen molar-refractivity contribution in [2.24, 2.45) is 5.41 Å². The number of fused-ring (bicyclic) bond motifs is 4. The minimum absolute atomic E-state index is 0.0521. The van der Waals surface area contributed by atoms with Crippen molar-refractivity contribution in [1.82, 2.24) is 0 Å². The normalized spacial score (nSPS) is 19.6. The largest absolute Gasteiger partial charge is 0.374 e. The first-order valence-electron chi connectivity index (χ1n) is 10.8. The van der Waals surface area contributed by atoms with Crippen molar-refractivity contribution in [3.63, 3.8) is 0 Å². The first-order chi connectivity index (χ1) is 15.3. The summed E-state index contributed by atoms with van der Waals surface area (Å²) in [7, 11) is 0. The van der Waals surface area contributed by atoms with Crippen LogP contribution in [-0.4, -0.2) is 16.7 Å². The summed E-state index contributed by atoms with van der Waals surface area (Å²) in [6.45, 7) is 4.28. The molecule has 5 heteroatoms. The Bertz CT molecular complexity index is 1330. The highest BCUT2D eigenvalue weighted by atomic mass is 16.6. The van der Waals surface area contributed by atoms with Crippen molar-refractivity contribution >= 4 is 39.6 Å². The van der Waals surface area contributed by atoms with Crippen molar-refractivity contribution in [1.29, 1.82) is 0 Å². The molecule has 5 rings (SSSR count). The number of rotatable bonds is 3. The van der Waals surface area contributed by atoms with Crippen LogP contribution in [0.4, 0.5) is 11.4 Å². The number of benzene rings is 3. The average Bonchev–Trinajstić information content (AvgIpc) is 2.76. The van der Waals surface area contributed by atoms with Crippen molar-refractivity contribution in [2.75, 3.05) is 5.32 Å². The molecular formula is C27H24N2O3. The topological polar surface area (TPSA) is 72.2 Å². The van der Waals surface area contributed by atoms with Gasteiger partial charge in [0.15, 0.2) is 5.78 Å². The number of carbonyl (C=O) groups is 1. The van der Waals surface area contributed by atoms with E-state index in [1.54, 1.807) is 24.3 Å². The van der Waals surface area contributed by atoms with Crippen LogP contribution in [0.25, 0.3) is 22.4 Å². The van der Waals surface area contributed by atoms with Crippen molar-refractivity contribution < 1.29 is 9.72 Å². The van der Waals surface area contributed by atoms with E-state index in [0.717, 1.165) is 39.6 Å². The number of anilines is 1. The molecule has 1 atom stereocenters. The minimum atomic E-state index is -0.381. The molecule has 0 bridgehead atoms. The highest BCUT2D eigenvalue weighted by Gasteiger charge is 2.39. The quantitative estimate of drug-likeness (QED) is 0.390. The maximum absolute atomic E-state index is 13.3. The van der Waals surface area contributed by atoms with E-state index >= 15 is 0 Å². The molecule has 3 aromatic rings. The zero-order chi connectivity index (χ0) is 22.5. The zero-order valence-electron chi connectivity index (χ0n) is 18.1. The van der Waals surface area contributed by atoms with Gasteiger partial charge in [-0.25, -0.2) is 0 Å². The molecule has 0 spiro atoms. The fourth-order valence-corrected chi connectivity index (χ4v) is 5.01. The van der Waals surface area contributed by atoms with Gasteiger partial charge < -0.3 is 5.32 Å². The lowest BCUT2D eigenvalue weighted by atomic mass is 9.68. The van der Waals surface area contributed by atoms with Gasteiger partial charge in [0.25, 0.3) is 5.69 Å². The van der Waals surface area contributed by atoms with Crippen LogP contribution < -0.4 is 5.32 Å². The Labute approximate surface area is 186 Å². The van der Waals surface area contributed by atoms with Gasteiger partial charge in [-0.3, -0.25) is 14.9 Å². The molecule has 5 nitrogen and oxygen atoms in total. The molecule has 1 N–H and O–H groups in total. The van der Waals surface area contributed by atoms with Crippen LogP contribution in [0.15, 0.2) is 72.3 Å². The van der Waals surface area contributed by atoms with Crippen LogP contribution in [-0.2, 0) is 4.79 Å². The summed E-state index contributed by atoms with van der Waals surface area (Å²) in [5, 5.41) is 17.2. The van der Waals surface area contributed by atoms with E-state index in [1.165, 1.54) is 6.07 Å². The zero-order valence-corrected chi connectivity index (χ0v) is 18.1. The minimum Gasteiger partial charge on any atom is -0.374 e. The van der Waals surface area contributed by atoms with Gasteiger partial charge in [-0.2, -0.15) is 0 Å². The van der Waals surface area contributed by atoms with E-state index < -0.39 is 0 Å². The first-order valence-corrected chi connectivity index (χ1v) is 10.8. The van der Waals surface area contributed by atoms with E-state index in [0.29, 0.717) is 12.0 Å². The van der Waals surface area contributed by atoms with Crippen molar-refractivity contribution in [2.45, 2.75) is 32.7 Å². The van der Waals surface area contributed by atoms with E-state index in [1.807, 2.05) is 18.2 Å². The van der Waals surface area contributed by atoms with Crippen LogP contribution >= 0.6 is 0 Å². The van der Waals surface area contributed by atoms with Gasteiger partial charge in [-0.05, 0) is 46.4 Å². The first kappa shape index (κ1) is 20.2. The van der Waals surface area contributed by atoms with Crippen molar-refractivity contribution in [3.8, 4) is 0 Å². The molecule has 2 aliphatic rings. The lowest BCUT2D eigenvalue weighted by Crippen LogP contribution is -2.36. The predicted molar refractivity (Wildman–Crippen MR) is 128 cm³/mol. The molecule has 0 aromatic heterocycles. The SMILES string of the molecule is CC1(C)CC(=O)C2=C(C1)c1c(ccc3ccccc13)NC2/C=C\c1ccccc1[N+](=O)[O-]. The second-order valence-corrected chi connectivity index (χ2v) is 9.34. The second kappa shape index (κ2) is 7.45. The number of allylic oxidation sites excluding steroid dienone is 1. The van der Waals surface area contributed by atoms with Crippen LogP contribution in [0, 0.1) is 15.5 Å². The number of nitro groups is 1. The lowest BCUT2D eigenvalue weighted by molar-refractivity contribution is -0.385. The Balaban J connectivity index is 1.67. The number of nitrogens with zero attached hydrogens (tertiary/aromatic N) is 1. The third-order valence-corrected chi connectivity index (χ3v) is 6.37. The highest BCUT2D eigenvalue weighted by Crippen LogP contribution is 2.49. The molecule has 3 aromatic carbocycles. The van der Waals surface area contributed by atoms with Crippen LogP contribution in [0.2, 0.25) is 0 Å². The Hall–Kier alpha value is -3.73. The van der Waals surface area contributed by atoms with E-state index in [2.05, 4.69) is 43.4 Å². The molecule has 1 heterocycles. The van der Waals surface area contributed by atoms with Gasteiger partial charge in [0.1, 0.15) is 0 Å². The number of para-hydroxylation sites is 1. The molecule has 160 valence electrons. The third-order valence-electron chi connectivity index (χ3n) is 6.37. The third kappa shape index (κ3) is 3.40. The predicted octanol–water partition coefficient (Wildman–Crippen LogP) is 6.40. The number of nitro benzene ring substituents is 1. The Morgan fingerprint density at radius 1 is 1.03 bits per heavy atom. The van der Waals surface area contributed by atoms with Gasteiger partial charge in [0, 0.05) is 29.3 Å². The Morgan fingerprint density at radius 3 is 2.59 bits per heavy atom. The molecule has 0 fully saturated rings. The fourth-order valence-electron chi connectivity index (χ4n) is 5.01. The number of hydrogen-bond donors (Lipinski definition) is 1. The average molecular weight is 425 g/mol. The maximum Gasteiger partial charge on any atom is 0.276 e. The lowest BCUT2D eigenvalue weighted by Gasteiger charge is -2.39. The summed E-state index contributed by atoms with van der Waals surface area (Å²) >= 11 is 0. The standard InChI is InChI=1S/C27H24N2O3/c1-27(2)15-20-25-19-9-5-3-7-17(19)11-13-21(25)28-22(26(20)24(30)16-27)14-12-18-8-4-6-10-23(18)29(31)32/h3-14,22,28H,15-16H2,1-2H3/b14-12-. The molecule has 0 saturated carbocycles. The molecule has 1 aliphatic heterocycles. The second-order valence-electron chi connectivity index (χ2n) is 9.34. The van der Waals surface area contributed by atoms with E-state index in [-0.39, 0.29) is 27.9 Å². The van der Waals surface area contributed by atoms with Crippen LogP contribution in [0.3, 0.4) is 0 Å². The van der Waals surface area contributed by atoms with Gasteiger partial charge in [0.05, 0.1) is 16.5 Å². The van der Waals surface area contributed by atoms with Gasteiger partial charge in [-0.15, -0.1) is 0 Å². The summed E-state index contributed by atoms with van der Waals surface area (Å²) in [6.07, 6.45) is 4.93. The maximum atomic E-state index is 13.3. The van der Waals surface area contributed by atoms with Crippen molar-refractivity contribution in [3.05, 3.63) is 93.6 Å². The van der Waals surface area contributed by atoms with E-state index in [4.69, 9.17) is 0 Å². The summed E-state index contributed by atoms with van der Waals surface area (Å²) in [5.74, 6) is 0.138. The van der Waals surface area contributed by atoms with E-state index in [9.17, 15) is 14.9 Å². The Morgan fingerprint density at radius 2 is 1.78 bits per heavy atom. The summed E-state index contributed by atoms with van der Waals surface area (Å²) in [4.78, 5) is 24.4. The molecule has 0 saturated heterocycles. The summed E-state index contributed by atoms with van der Waals surface area (Å²) < 4.78 is 0. The van der Waals surface area contributed by atoms with Gasteiger partial charge in [0.2, 0.25) is 0 Å².